The highest BCUT2D eigenvalue weighted by atomic mass is 127. The number of rotatable bonds is 3. The topological polar surface area (TPSA) is 26.3 Å². The number of carbonyl (C=O) groups is 1. The molecule has 0 bridgehead atoms. The smallest absolute Gasteiger partial charge is 0.333 e. The lowest BCUT2D eigenvalue weighted by Crippen LogP contribution is -2.10. The molecule has 0 radical (unpaired) electrons. The average molecular weight is 330 g/mol. The van der Waals surface area contributed by atoms with Crippen LogP contribution in [-0.2, 0) is 9.53 Å². The molecule has 0 aliphatic heterocycles. The van der Waals surface area contributed by atoms with E-state index >= 15 is 0 Å². The standard InChI is InChI=1S/C13H15IO2/c1-8(2)13(15)16-10(4)12-6-5-11(14)7-9(12)3/h5-7,10H,1H2,2-4H3. The summed E-state index contributed by atoms with van der Waals surface area (Å²) in [7, 11) is 0. The summed E-state index contributed by atoms with van der Waals surface area (Å²) in [6, 6.07) is 6.07. The SMILES string of the molecule is C=C(C)C(=O)OC(C)c1ccc(I)cc1C. The Bertz CT molecular complexity index is 424. The van der Waals surface area contributed by atoms with Gasteiger partial charge in [0.25, 0.3) is 0 Å². The molecule has 16 heavy (non-hydrogen) atoms. The van der Waals surface area contributed by atoms with Crippen molar-refractivity contribution in [2.24, 2.45) is 0 Å². The van der Waals surface area contributed by atoms with Crippen LogP contribution < -0.4 is 0 Å². The second kappa shape index (κ2) is 5.48. The highest BCUT2D eigenvalue weighted by Crippen LogP contribution is 2.23. The molecule has 1 rings (SSSR count). The van der Waals surface area contributed by atoms with Gasteiger partial charge < -0.3 is 4.74 Å². The van der Waals surface area contributed by atoms with E-state index in [2.05, 4.69) is 35.2 Å². The van der Waals surface area contributed by atoms with E-state index in [4.69, 9.17) is 4.74 Å². The van der Waals surface area contributed by atoms with Crippen molar-refractivity contribution in [1.82, 2.24) is 0 Å². The molecule has 0 amide bonds. The normalized spacial score (nSPS) is 12.0. The fourth-order valence-electron chi connectivity index (χ4n) is 1.42. The van der Waals surface area contributed by atoms with E-state index in [9.17, 15) is 4.79 Å². The Hall–Kier alpha value is -0.840. The van der Waals surface area contributed by atoms with Gasteiger partial charge in [-0.15, -0.1) is 0 Å². The van der Waals surface area contributed by atoms with Crippen LogP contribution in [0.15, 0.2) is 30.4 Å². The van der Waals surface area contributed by atoms with Crippen LogP contribution in [0.1, 0.15) is 31.1 Å². The Morgan fingerprint density at radius 1 is 1.50 bits per heavy atom. The number of aryl methyl sites for hydroxylation is 1. The maximum atomic E-state index is 11.4. The third-order valence-electron chi connectivity index (χ3n) is 2.30. The van der Waals surface area contributed by atoms with Crippen molar-refractivity contribution in [3.63, 3.8) is 0 Å². The van der Waals surface area contributed by atoms with Crippen molar-refractivity contribution in [1.29, 1.82) is 0 Å². The van der Waals surface area contributed by atoms with Gasteiger partial charge in [0.1, 0.15) is 6.10 Å². The third kappa shape index (κ3) is 3.33. The fourth-order valence-corrected chi connectivity index (χ4v) is 2.07. The Labute approximate surface area is 110 Å². The predicted molar refractivity (Wildman–Crippen MR) is 73.2 cm³/mol. The van der Waals surface area contributed by atoms with Crippen molar-refractivity contribution >= 4 is 28.6 Å². The van der Waals surface area contributed by atoms with E-state index in [0.717, 1.165) is 11.1 Å². The van der Waals surface area contributed by atoms with Gasteiger partial charge in [0.15, 0.2) is 0 Å². The molecule has 3 heteroatoms. The molecule has 0 saturated heterocycles. The molecule has 0 aromatic heterocycles. The first kappa shape index (κ1) is 13.2. The van der Waals surface area contributed by atoms with Crippen LogP contribution in [0.3, 0.4) is 0 Å². The number of hydrogen-bond donors (Lipinski definition) is 0. The van der Waals surface area contributed by atoms with E-state index in [1.54, 1.807) is 6.92 Å². The summed E-state index contributed by atoms with van der Waals surface area (Å²) < 4.78 is 6.46. The van der Waals surface area contributed by atoms with Gasteiger partial charge >= 0.3 is 5.97 Å². The lowest BCUT2D eigenvalue weighted by molar-refractivity contribution is -0.143. The largest absolute Gasteiger partial charge is 0.454 e. The van der Waals surface area contributed by atoms with Crippen LogP contribution in [0, 0.1) is 10.5 Å². The van der Waals surface area contributed by atoms with Crippen molar-refractivity contribution in [3.05, 3.63) is 45.0 Å². The Morgan fingerprint density at radius 3 is 2.62 bits per heavy atom. The van der Waals surface area contributed by atoms with Crippen molar-refractivity contribution in [2.75, 3.05) is 0 Å². The number of hydrogen-bond acceptors (Lipinski definition) is 2. The zero-order chi connectivity index (χ0) is 12.3. The van der Waals surface area contributed by atoms with E-state index in [1.165, 1.54) is 3.57 Å². The number of carbonyl (C=O) groups excluding carboxylic acids is 1. The summed E-state index contributed by atoms with van der Waals surface area (Å²) in [6.07, 6.45) is -0.235. The molecule has 0 saturated carbocycles. The maximum absolute atomic E-state index is 11.4. The van der Waals surface area contributed by atoms with Gasteiger partial charge in [-0.3, -0.25) is 0 Å². The lowest BCUT2D eigenvalue weighted by Gasteiger charge is -2.16. The average Bonchev–Trinajstić information content (AvgIpc) is 2.16. The molecule has 2 nitrogen and oxygen atoms in total. The third-order valence-corrected chi connectivity index (χ3v) is 2.97. The minimum atomic E-state index is -0.342. The minimum absolute atomic E-state index is 0.235. The van der Waals surface area contributed by atoms with Gasteiger partial charge in [-0.1, -0.05) is 12.6 Å². The van der Waals surface area contributed by atoms with E-state index in [1.807, 2.05) is 26.0 Å². The zero-order valence-corrected chi connectivity index (χ0v) is 11.9. The highest BCUT2D eigenvalue weighted by molar-refractivity contribution is 14.1. The highest BCUT2D eigenvalue weighted by Gasteiger charge is 2.13. The monoisotopic (exact) mass is 330 g/mol. The number of halogens is 1. The molecule has 0 spiro atoms. The quantitative estimate of drug-likeness (QED) is 0.479. The van der Waals surface area contributed by atoms with Crippen LogP contribution in [0.4, 0.5) is 0 Å². The first-order valence-electron chi connectivity index (χ1n) is 5.04. The first-order valence-corrected chi connectivity index (χ1v) is 6.12. The molecule has 0 fully saturated rings. The summed E-state index contributed by atoms with van der Waals surface area (Å²) in [4.78, 5) is 11.4. The van der Waals surface area contributed by atoms with E-state index < -0.39 is 0 Å². The molecular weight excluding hydrogens is 315 g/mol. The fraction of sp³-hybridized carbons (Fsp3) is 0.308. The van der Waals surface area contributed by atoms with Crippen molar-refractivity contribution in [2.45, 2.75) is 26.9 Å². The molecule has 1 aromatic rings. The molecule has 86 valence electrons. The van der Waals surface area contributed by atoms with Gasteiger partial charge in [0.2, 0.25) is 0 Å². The van der Waals surface area contributed by atoms with Gasteiger partial charge in [-0.05, 0) is 66.6 Å². The molecule has 0 aliphatic rings. The second-order valence-corrected chi connectivity index (χ2v) is 5.07. The van der Waals surface area contributed by atoms with E-state index in [0.29, 0.717) is 5.57 Å². The number of ether oxygens (including phenoxy) is 1. The molecular formula is C13H15IO2. The summed E-state index contributed by atoms with van der Waals surface area (Å²) in [6.45, 7) is 9.10. The lowest BCUT2D eigenvalue weighted by atomic mass is 10.0. The molecule has 1 aromatic carbocycles. The Kier molecular flexibility index (Phi) is 4.53. The molecule has 0 N–H and O–H groups in total. The first-order chi connectivity index (χ1) is 7.41. The molecule has 0 aliphatic carbocycles. The molecule has 1 atom stereocenters. The molecule has 1 unspecified atom stereocenters. The van der Waals surface area contributed by atoms with Crippen LogP contribution in [-0.4, -0.2) is 5.97 Å². The van der Waals surface area contributed by atoms with Crippen LogP contribution in [0.5, 0.6) is 0 Å². The van der Waals surface area contributed by atoms with Gasteiger partial charge in [-0.2, -0.15) is 0 Å². The summed E-state index contributed by atoms with van der Waals surface area (Å²) in [5, 5.41) is 0. The van der Waals surface area contributed by atoms with Crippen molar-refractivity contribution < 1.29 is 9.53 Å². The van der Waals surface area contributed by atoms with Gasteiger partial charge in [0.05, 0.1) is 0 Å². The second-order valence-electron chi connectivity index (χ2n) is 3.83. The van der Waals surface area contributed by atoms with Crippen LogP contribution in [0.2, 0.25) is 0 Å². The van der Waals surface area contributed by atoms with Gasteiger partial charge in [0, 0.05) is 9.14 Å². The number of benzene rings is 1. The maximum Gasteiger partial charge on any atom is 0.333 e. The predicted octanol–water partition coefficient (Wildman–Crippen LogP) is 3.78. The Balaban J connectivity index is 2.84. The van der Waals surface area contributed by atoms with Crippen LogP contribution in [0.25, 0.3) is 0 Å². The summed E-state index contributed by atoms with van der Waals surface area (Å²) >= 11 is 2.26. The molecule has 0 heterocycles. The summed E-state index contributed by atoms with van der Waals surface area (Å²) in [5.74, 6) is -0.342. The zero-order valence-electron chi connectivity index (χ0n) is 9.71. The van der Waals surface area contributed by atoms with E-state index in [-0.39, 0.29) is 12.1 Å². The van der Waals surface area contributed by atoms with Crippen molar-refractivity contribution in [3.8, 4) is 0 Å². The Morgan fingerprint density at radius 2 is 2.12 bits per heavy atom. The summed E-state index contributed by atoms with van der Waals surface area (Å²) in [5.41, 5.74) is 2.60. The number of esters is 1. The minimum Gasteiger partial charge on any atom is -0.454 e. The van der Waals surface area contributed by atoms with Gasteiger partial charge in [-0.25, -0.2) is 4.79 Å². The van der Waals surface area contributed by atoms with Crippen LogP contribution >= 0.6 is 22.6 Å².